The van der Waals surface area contributed by atoms with Gasteiger partial charge in [0.1, 0.15) is 5.78 Å². The van der Waals surface area contributed by atoms with Crippen molar-refractivity contribution in [3.63, 3.8) is 0 Å². The van der Waals surface area contributed by atoms with Crippen molar-refractivity contribution in [1.82, 2.24) is 4.90 Å². The number of carbonyl (C=O) groups is 1. The van der Waals surface area contributed by atoms with Crippen LogP contribution in [0.25, 0.3) is 0 Å². The predicted octanol–water partition coefficient (Wildman–Crippen LogP) is 0.295. The number of aliphatic hydroxyl groups excluding tert-OH is 1. The Labute approximate surface area is 91.2 Å². The molecule has 4 nitrogen and oxygen atoms in total. The molecule has 1 heterocycles. The lowest BCUT2D eigenvalue weighted by Gasteiger charge is -2.31. The van der Waals surface area contributed by atoms with Crippen LogP contribution in [0.4, 0.5) is 0 Å². The van der Waals surface area contributed by atoms with Crippen molar-refractivity contribution in [2.24, 2.45) is 5.92 Å². The van der Waals surface area contributed by atoms with E-state index in [4.69, 9.17) is 4.74 Å². The molecule has 0 aromatic carbocycles. The zero-order chi connectivity index (χ0) is 11.3. The zero-order valence-electron chi connectivity index (χ0n) is 9.61. The molecule has 4 heteroatoms. The highest BCUT2D eigenvalue weighted by atomic mass is 16.5. The van der Waals surface area contributed by atoms with Crippen molar-refractivity contribution >= 4 is 5.78 Å². The summed E-state index contributed by atoms with van der Waals surface area (Å²) in [5, 5.41) is 9.54. The van der Waals surface area contributed by atoms with E-state index in [1.807, 2.05) is 0 Å². The summed E-state index contributed by atoms with van der Waals surface area (Å²) in [4.78, 5) is 13.3. The van der Waals surface area contributed by atoms with Crippen LogP contribution in [0.5, 0.6) is 0 Å². The Kier molecular flexibility index (Phi) is 5.22. The number of rotatable bonds is 5. The van der Waals surface area contributed by atoms with Gasteiger partial charge in [-0.15, -0.1) is 0 Å². The Balaban J connectivity index is 2.22. The first-order chi connectivity index (χ1) is 7.13. The highest BCUT2D eigenvalue weighted by molar-refractivity contribution is 5.78. The van der Waals surface area contributed by atoms with E-state index >= 15 is 0 Å². The molecule has 1 atom stereocenters. The Morgan fingerprint density at radius 2 is 2.13 bits per heavy atom. The lowest BCUT2D eigenvalue weighted by molar-refractivity contribution is -0.122. The molecule has 15 heavy (non-hydrogen) atoms. The second-order valence-corrected chi connectivity index (χ2v) is 4.29. The number of ketones is 1. The van der Waals surface area contributed by atoms with Gasteiger partial charge in [0.05, 0.1) is 12.7 Å². The third-order valence-corrected chi connectivity index (χ3v) is 2.99. The maximum atomic E-state index is 11.1. The quantitative estimate of drug-likeness (QED) is 0.716. The first-order valence-corrected chi connectivity index (χ1v) is 5.53. The van der Waals surface area contributed by atoms with E-state index in [1.54, 1.807) is 14.0 Å². The van der Waals surface area contributed by atoms with Crippen LogP contribution in [0, 0.1) is 5.92 Å². The Morgan fingerprint density at radius 1 is 1.53 bits per heavy atom. The lowest BCUT2D eigenvalue weighted by atomic mass is 9.93. The molecule has 0 spiro atoms. The SMILES string of the molecule is COCC(O)CN1CCC(C(C)=O)CC1. The van der Waals surface area contributed by atoms with Gasteiger partial charge in [-0.25, -0.2) is 0 Å². The number of hydrogen-bond donors (Lipinski definition) is 1. The van der Waals surface area contributed by atoms with Crippen molar-refractivity contribution in [2.75, 3.05) is 33.4 Å². The van der Waals surface area contributed by atoms with Gasteiger partial charge in [-0.05, 0) is 32.9 Å². The number of likely N-dealkylation sites (tertiary alicyclic amines) is 1. The molecule has 1 N–H and O–H groups in total. The van der Waals surface area contributed by atoms with E-state index in [0.717, 1.165) is 25.9 Å². The third-order valence-electron chi connectivity index (χ3n) is 2.99. The van der Waals surface area contributed by atoms with Crippen LogP contribution in [-0.4, -0.2) is 55.2 Å². The second-order valence-electron chi connectivity index (χ2n) is 4.29. The Bertz CT molecular complexity index is 200. The van der Waals surface area contributed by atoms with E-state index in [9.17, 15) is 9.90 Å². The average Bonchev–Trinajstić information content (AvgIpc) is 2.18. The molecular formula is C11H21NO3. The van der Waals surface area contributed by atoms with Crippen molar-refractivity contribution in [3.05, 3.63) is 0 Å². The monoisotopic (exact) mass is 215 g/mol. The minimum atomic E-state index is -0.413. The van der Waals surface area contributed by atoms with E-state index in [2.05, 4.69) is 4.90 Å². The van der Waals surface area contributed by atoms with Crippen LogP contribution in [-0.2, 0) is 9.53 Å². The van der Waals surface area contributed by atoms with Gasteiger partial charge in [-0.3, -0.25) is 4.79 Å². The molecular weight excluding hydrogens is 194 g/mol. The number of piperidine rings is 1. The normalized spacial score (nSPS) is 21.5. The van der Waals surface area contributed by atoms with Gasteiger partial charge in [0.15, 0.2) is 0 Å². The Hall–Kier alpha value is -0.450. The smallest absolute Gasteiger partial charge is 0.133 e. The number of aliphatic hydroxyl groups is 1. The van der Waals surface area contributed by atoms with E-state index in [1.165, 1.54) is 0 Å². The van der Waals surface area contributed by atoms with Crippen molar-refractivity contribution < 1.29 is 14.6 Å². The van der Waals surface area contributed by atoms with Crippen molar-refractivity contribution in [3.8, 4) is 0 Å². The van der Waals surface area contributed by atoms with E-state index in [0.29, 0.717) is 18.9 Å². The van der Waals surface area contributed by atoms with Crippen LogP contribution in [0.15, 0.2) is 0 Å². The largest absolute Gasteiger partial charge is 0.389 e. The number of methoxy groups -OCH3 is 1. The molecule has 0 aromatic heterocycles. The number of β-amino-alcohol motifs (C(OH)–C–C–N with tert-alkyl or cyclic N) is 1. The summed E-state index contributed by atoms with van der Waals surface area (Å²) in [6.07, 6.45) is 1.44. The molecule has 1 rings (SSSR count). The number of hydrogen-bond acceptors (Lipinski definition) is 4. The fraction of sp³-hybridized carbons (Fsp3) is 0.909. The number of ether oxygens (including phenoxy) is 1. The van der Waals surface area contributed by atoms with Gasteiger partial charge in [-0.1, -0.05) is 0 Å². The molecule has 0 amide bonds. The minimum Gasteiger partial charge on any atom is -0.389 e. The second kappa shape index (κ2) is 6.20. The zero-order valence-corrected chi connectivity index (χ0v) is 9.61. The van der Waals surface area contributed by atoms with Crippen LogP contribution in [0.1, 0.15) is 19.8 Å². The maximum Gasteiger partial charge on any atom is 0.133 e. The molecule has 0 bridgehead atoms. The summed E-state index contributed by atoms with van der Waals surface area (Å²) >= 11 is 0. The van der Waals surface area contributed by atoms with Crippen LogP contribution < -0.4 is 0 Å². The topological polar surface area (TPSA) is 49.8 Å². The highest BCUT2D eigenvalue weighted by Gasteiger charge is 2.23. The molecule has 1 saturated heterocycles. The molecule has 1 aliphatic heterocycles. The van der Waals surface area contributed by atoms with Gasteiger partial charge in [0, 0.05) is 19.6 Å². The number of nitrogens with zero attached hydrogens (tertiary/aromatic N) is 1. The summed E-state index contributed by atoms with van der Waals surface area (Å²) in [6.45, 7) is 4.52. The molecule has 88 valence electrons. The van der Waals surface area contributed by atoms with Crippen LogP contribution >= 0.6 is 0 Å². The molecule has 0 saturated carbocycles. The van der Waals surface area contributed by atoms with E-state index < -0.39 is 6.10 Å². The highest BCUT2D eigenvalue weighted by Crippen LogP contribution is 2.17. The van der Waals surface area contributed by atoms with Gasteiger partial charge in [0.25, 0.3) is 0 Å². The molecule has 0 radical (unpaired) electrons. The standard InChI is InChI=1S/C11H21NO3/c1-9(13)10-3-5-12(6-4-10)7-11(14)8-15-2/h10-11,14H,3-8H2,1-2H3. The Morgan fingerprint density at radius 3 is 2.60 bits per heavy atom. The van der Waals surface area contributed by atoms with E-state index in [-0.39, 0.29) is 5.92 Å². The summed E-state index contributed by atoms with van der Waals surface area (Å²) in [7, 11) is 1.59. The average molecular weight is 215 g/mol. The van der Waals surface area contributed by atoms with Gasteiger partial charge >= 0.3 is 0 Å². The summed E-state index contributed by atoms with van der Waals surface area (Å²) in [5.41, 5.74) is 0. The summed E-state index contributed by atoms with van der Waals surface area (Å²) in [5.74, 6) is 0.535. The molecule has 1 unspecified atom stereocenters. The first kappa shape index (κ1) is 12.6. The third kappa shape index (κ3) is 4.28. The molecule has 0 aromatic rings. The molecule has 1 aliphatic rings. The number of carbonyl (C=O) groups excluding carboxylic acids is 1. The minimum absolute atomic E-state index is 0.237. The van der Waals surface area contributed by atoms with Crippen molar-refractivity contribution in [1.29, 1.82) is 0 Å². The maximum absolute atomic E-state index is 11.1. The first-order valence-electron chi connectivity index (χ1n) is 5.53. The fourth-order valence-electron chi connectivity index (χ4n) is 2.07. The summed E-state index contributed by atoms with van der Waals surface area (Å²) in [6, 6.07) is 0. The summed E-state index contributed by atoms with van der Waals surface area (Å²) < 4.78 is 4.87. The molecule has 0 aliphatic carbocycles. The molecule has 1 fully saturated rings. The van der Waals surface area contributed by atoms with Gasteiger partial charge in [-0.2, -0.15) is 0 Å². The van der Waals surface area contributed by atoms with Gasteiger partial charge < -0.3 is 14.7 Å². The van der Waals surface area contributed by atoms with Gasteiger partial charge in [0.2, 0.25) is 0 Å². The fourth-order valence-corrected chi connectivity index (χ4v) is 2.07. The predicted molar refractivity (Wildman–Crippen MR) is 57.7 cm³/mol. The van der Waals surface area contributed by atoms with Crippen molar-refractivity contribution in [2.45, 2.75) is 25.9 Å². The lowest BCUT2D eigenvalue weighted by Crippen LogP contribution is -2.41. The van der Waals surface area contributed by atoms with Crippen LogP contribution in [0.2, 0.25) is 0 Å². The number of Topliss-reactive ketones (excluding diaryl/α,β-unsaturated/α-hetero) is 1. The van der Waals surface area contributed by atoms with Crippen LogP contribution in [0.3, 0.4) is 0 Å².